The number of nitrogens with one attached hydrogen (secondary N) is 3. The number of hydrazone groups is 1. The summed E-state index contributed by atoms with van der Waals surface area (Å²) in [6, 6.07) is 13.8. The van der Waals surface area contributed by atoms with Gasteiger partial charge in [0, 0.05) is 24.4 Å². The third-order valence-corrected chi connectivity index (χ3v) is 4.74. The molecule has 3 amide bonds. The monoisotopic (exact) mass is 454 g/mol. The lowest BCUT2D eigenvalue weighted by molar-refractivity contribution is -0.139. The summed E-state index contributed by atoms with van der Waals surface area (Å²) in [5.74, 6) is -0.944. The van der Waals surface area contributed by atoms with Crippen molar-refractivity contribution in [1.82, 2.24) is 10.7 Å². The molecule has 1 fully saturated rings. The molecule has 33 heavy (non-hydrogen) atoms. The number of nitrogens with zero attached hydrogens (tertiary/aromatic N) is 1. The molecule has 2 aromatic carbocycles. The molecule has 0 saturated carbocycles. The number of methoxy groups -OCH3 is 1. The fraction of sp³-hybridized carbons (Fsp3) is 0.304. The first kappa shape index (κ1) is 23.7. The van der Waals surface area contributed by atoms with Crippen molar-refractivity contribution in [3.8, 4) is 11.5 Å². The van der Waals surface area contributed by atoms with Gasteiger partial charge < -0.3 is 24.8 Å². The minimum Gasteiger partial charge on any atom is -0.497 e. The number of anilines is 1. The molecule has 2 aromatic rings. The predicted molar refractivity (Wildman–Crippen MR) is 121 cm³/mol. The molecule has 10 heteroatoms. The third kappa shape index (κ3) is 7.62. The SMILES string of the molecule is COc1ccc(NC(=O)COc2ccccc2/C=N\NC(=O)C(=O)NC[C@@H]2CCCO2)cc1. The second-order valence-electron chi connectivity index (χ2n) is 7.15. The molecule has 3 N–H and O–H groups in total. The van der Waals surface area contributed by atoms with Gasteiger partial charge in [-0.3, -0.25) is 14.4 Å². The largest absolute Gasteiger partial charge is 0.497 e. The van der Waals surface area contributed by atoms with Crippen LogP contribution >= 0.6 is 0 Å². The molecule has 0 spiro atoms. The van der Waals surface area contributed by atoms with Crippen LogP contribution in [0.15, 0.2) is 53.6 Å². The van der Waals surface area contributed by atoms with E-state index in [0.717, 1.165) is 12.8 Å². The minimum atomic E-state index is -0.887. The average molecular weight is 454 g/mol. The summed E-state index contributed by atoms with van der Waals surface area (Å²) in [5, 5.41) is 9.04. The van der Waals surface area contributed by atoms with E-state index in [2.05, 4.69) is 21.2 Å². The Morgan fingerprint density at radius 3 is 2.64 bits per heavy atom. The van der Waals surface area contributed by atoms with Crippen molar-refractivity contribution in [3.05, 3.63) is 54.1 Å². The van der Waals surface area contributed by atoms with Gasteiger partial charge in [-0.05, 0) is 49.2 Å². The Morgan fingerprint density at radius 2 is 1.91 bits per heavy atom. The molecule has 1 aliphatic heterocycles. The number of amides is 3. The van der Waals surface area contributed by atoms with E-state index in [9.17, 15) is 14.4 Å². The molecule has 0 aromatic heterocycles. The van der Waals surface area contributed by atoms with Crippen molar-refractivity contribution in [2.24, 2.45) is 5.10 Å². The number of rotatable bonds is 9. The van der Waals surface area contributed by atoms with Gasteiger partial charge in [0.25, 0.3) is 5.91 Å². The van der Waals surface area contributed by atoms with Crippen LogP contribution in [0.4, 0.5) is 5.69 Å². The zero-order valence-electron chi connectivity index (χ0n) is 18.2. The number of carbonyl (C=O) groups is 3. The van der Waals surface area contributed by atoms with Crippen LogP contribution < -0.4 is 25.5 Å². The highest BCUT2D eigenvalue weighted by Gasteiger charge is 2.19. The smallest absolute Gasteiger partial charge is 0.329 e. The lowest BCUT2D eigenvalue weighted by Gasteiger charge is -2.10. The Morgan fingerprint density at radius 1 is 1.12 bits per heavy atom. The average Bonchev–Trinajstić information content (AvgIpc) is 3.36. The van der Waals surface area contributed by atoms with Crippen molar-refractivity contribution in [1.29, 1.82) is 0 Å². The van der Waals surface area contributed by atoms with Crippen LogP contribution in [0.1, 0.15) is 18.4 Å². The van der Waals surface area contributed by atoms with E-state index >= 15 is 0 Å². The van der Waals surface area contributed by atoms with E-state index in [1.807, 2.05) is 0 Å². The fourth-order valence-electron chi connectivity index (χ4n) is 3.04. The molecule has 0 unspecified atom stereocenters. The summed E-state index contributed by atoms with van der Waals surface area (Å²) >= 11 is 0. The second kappa shape index (κ2) is 12.2. The van der Waals surface area contributed by atoms with E-state index in [4.69, 9.17) is 14.2 Å². The topological polar surface area (TPSA) is 127 Å². The zero-order valence-corrected chi connectivity index (χ0v) is 18.2. The lowest BCUT2D eigenvalue weighted by atomic mass is 10.2. The number of ether oxygens (including phenoxy) is 3. The summed E-state index contributed by atoms with van der Waals surface area (Å²) < 4.78 is 16.1. The molecule has 1 heterocycles. The number of para-hydroxylation sites is 1. The van der Waals surface area contributed by atoms with E-state index < -0.39 is 11.8 Å². The normalized spacial score (nSPS) is 15.1. The fourth-order valence-corrected chi connectivity index (χ4v) is 3.04. The Bertz CT molecular complexity index is 987. The molecule has 1 atom stereocenters. The maximum Gasteiger partial charge on any atom is 0.329 e. The lowest BCUT2D eigenvalue weighted by Crippen LogP contribution is -2.41. The van der Waals surface area contributed by atoms with Gasteiger partial charge in [0.1, 0.15) is 11.5 Å². The van der Waals surface area contributed by atoms with Crippen LogP contribution in [0.5, 0.6) is 11.5 Å². The number of hydrogen-bond donors (Lipinski definition) is 3. The van der Waals surface area contributed by atoms with Crippen LogP contribution in [0, 0.1) is 0 Å². The Hall–Kier alpha value is -3.92. The van der Waals surface area contributed by atoms with E-state index in [1.165, 1.54) is 6.21 Å². The molecule has 1 saturated heterocycles. The third-order valence-electron chi connectivity index (χ3n) is 4.74. The van der Waals surface area contributed by atoms with Crippen molar-refractivity contribution < 1.29 is 28.6 Å². The first-order valence-electron chi connectivity index (χ1n) is 10.4. The van der Waals surface area contributed by atoms with Gasteiger partial charge in [-0.2, -0.15) is 5.10 Å². The summed E-state index contributed by atoms with van der Waals surface area (Å²) in [5.41, 5.74) is 3.31. The van der Waals surface area contributed by atoms with Crippen molar-refractivity contribution in [3.63, 3.8) is 0 Å². The number of hydrogen-bond acceptors (Lipinski definition) is 7. The second-order valence-corrected chi connectivity index (χ2v) is 7.15. The molecule has 0 bridgehead atoms. The summed E-state index contributed by atoms with van der Waals surface area (Å²) in [6.07, 6.45) is 3.08. The van der Waals surface area contributed by atoms with Crippen LogP contribution in [-0.2, 0) is 19.1 Å². The van der Waals surface area contributed by atoms with Crippen molar-refractivity contribution in [2.45, 2.75) is 18.9 Å². The zero-order chi connectivity index (χ0) is 23.5. The molecule has 0 aliphatic carbocycles. The van der Waals surface area contributed by atoms with Crippen LogP contribution in [0.2, 0.25) is 0 Å². The van der Waals surface area contributed by atoms with Gasteiger partial charge in [-0.1, -0.05) is 12.1 Å². The first-order valence-corrected chi connectivity index (χ1v) is 10.4. The Kier molecular flexibility index (Phi) is 8.78. The highest BCUT2D eigenvalue weighted by atomic mass is 16.5. The summed E-state index contributed by atoms with van der Waals surface area (Å²) in [6.45, 7) is 0.724. The number of benzene rings is 2. The van der Waals surface area contributed by atoms with Gasteiger partial charge in [-0.15, -0.1) is 0 Å². The molecular formula is C23H26N4O6. The Balaban J connectivity index is 1.46. The van der Waals surface area contributed by atoms with Gasteiger partial charge in [0.15, 0.2) is 6.61 Å². The van der Waals surface area contributed by atoms with Crippen molar-refractivity contribution in [2.75, 3.05) is 32.2 Å². The predicted octanol–water partition coefficient (Wildman–Crippen LogP) is 1.46. The molecule has 10 nitrogen and oxygen atoms in total. The van der Waals surface area contributed by atoms with Crippen LogP contribution in [0.3, 0.4) is 0 Å². The standard InChI is InChI=1S/C23H26N4O6/c1-31-18-10-8-17(9-11-18)26-21(28)15-33-20-7-3-2-5-16(20)13-25-27-23(30)22(29)24-14-19-6-4-12-32-19/h2-3,5,7-11,13,19H,4,6,12,14-15H2,1H3,(H,24,29)(H,26,28)(H,27,30)/b25-13-/t19-/m0/s1. The maximum atomic E-state index is 12.2. The van der Waals surface area contributed by atoms with Gasteiger partial charge in [-0.25, -0.2) is 5.43 Å². The highest BCUT2D eigenvalue weighted by Crippen LogP contribution is 2.17. The molecular weight excluding hydrogens is 428 g/mol. The summed E-state index contributed by atoms with van der Waals surface area (Å²) in [4.78, 5) is 35.9. The van der Waals surface area contributed by atoms with E-state index in [0.29, 0.717) is 29.4 Å². The van der Waals surface area contributed by atoms with Crippen molar-refractivity contribution >= 4 is 29.6 Å². The van der Waals surface area contributed by atoms with E-state index in [-0.39, 0.29) is 25.2 Å². The summed E-state index contributed by atoms with van der Waals surface area (Å²) in [7, 11) is 1.56. The molecule has 1 aliphatic rings. The minimum absolute atomic E-state index is 0.0591. The molecule has 174 valence electrons. The highest BCUT2D eigenvalue weighted by molar-refractivity contribution is 6.35. The Labute approximate surface area is 191 Å². The molecule has 0 radical (unpaired) electrons. The first-order chi connectivity index (χ1) is 16.0. The van der Waals surface area contributed by atoms with Crippen LogP contribution in [-0.4, -0.2) is 56.9 Å². The van der Waals surface area contributed by atoms with E-state index in [1.54, 1.807) is 55.6 Å². The number of carbonyl (C=O) groups excluding carboxylic acids is 3. The molecule has 3 rings (SSSR count). The van der Waals surface area contributed by atoms with Gasteiger partial charge in [0.2, 0.25) is 0 Å². The van der Waals surface area contributed by atoms with Crippen LogP contribution in [0.25, 0.3) is 0 Å². The van der Waals surface area contributed by atoms with Gasteiger partial charge in [0.05, 0.1) is 19.4 Å². The van der Waals surface area contributed by atoms with Gasteiger partial charge >= 0.3 is 11.8 Å². The quantitative estimate of drug-likeness (QED) is 0.299. The maximum absolute atomic E-state index is 12.2.